The van der Waals surface area contributed by atoms with Crippen molar-refractivity contribution in [2.24, 2.45) is 0 Å². The van der Waals surface area contributed by atoms with Gasteiger partial charge in [-0.1, -0.05) is 39.7 Å². The van der Waals surface area contributed by atoms with E-state index >= 15 is 0 Å². The van der Waals surface area contributed by atoms with Crippen molar-refractivity contribution in [3.63, 3.8) is 0 Å². The number of aryl methyl sites for hydroxylation is 2. The molecule has 0 N–H and O–H groups in total. The van der Waals surface area contributed by atoms with Crippen molar-refractivity contribution in [3.8, 4) is 0 Å². The molecule has 2 aromatic rings. The minimum absolute atomic E-state index is 0.121. The Morgan fingerprint density at radius 1 is 1.16 bits per heavy atom. The lowest BCUT2D eigenvalue weighted by Gasteiger charge is -2.08. The second-order valence-corrected chi connectivity index (χ2v) is 5.94. The third-order valence-electron chi connectivity index (χ3n) is 3.06. The number of hydrogen-bond acceptors (Lipinski definition) is 1. The van der Waals surface area contributed by atoms with Crippen molar-refractivity contribution in [2.45, 2.75) is 20.3 Å². The predicted molar refractivity (Wildman–Crippen MR) is 83.1 cm³/mol. The molecule has 2 aromatic carbocycles. The molecule has 0 saturated carbocycles. The lowest BCUT2D eigenvalue weighted by Crippen LogP contribution is -2.06. The van der Waals surface area contributed by atoms with Crippen LogP contribution in [0.3, 0.4) is 0 Å². The van der Waals surface area contributed by atoms with Gasteiger partial charge in [-0.25, -0.2) is 0 Å². The highest BCUT2D eigenvalue weighted by Gasteiger charge is 2.12. The minimum Gasteiger partial charge on any atom is -0.294 e. The standard InChI is InChI=1S/C16H14BrClO/c1-10-7-15(17)11(2)6-14(10)16(19)9-12-4-3-5-13(18)8-12/h3-8H,9H2,1-2H3. The van der Waals surface area contributed by atoms with E-state index in [1.165, 1.54) is 0 Å². The summed E-state index contributed by atoms with van der Waals surface area (Å²) in [6.45, 7) is 3.94. The summed E-state index contributed by atoms with van der Waals surface area (Å²) in [5.74, 6) is 0.121. The summed E-state index contributed by atoms with van der Waals surface area (Å²) < 4.78 is 1.03. The number of rotatable bonds is 3. The van der Waals surface area contributed by atoms with Crippen LogP contribution in [0.4, 0.5) is 0 Å². The first-order valence-electron chi connectivity index (χ1n) is 6.02. The zero-order chi connectivity index (χ0) is 14.0. The van der Waals surface area contributed by atoms with Crippen LogP contribution in [0.5, 0.6) is 0 Å². The predicted octanol–water partition coefficient (Wildman–Crippen LogP) is 5.14. The first-order valence-corrected chi connectivity index (χ1v) is 7.19. The Labute approximate surface area is 126 Å². The third kappa shape index (κ3) is 3.46. The topological polar surface area (TPSA) is 17.1 Å². The number of Topliss-reactive ketones (excluding diaryl/α,β-unsaturated/α-hetero) is 1. The summed E-state index contributed by atoms with van der Waals surface area (Å²) in [5.41, 5.74) is 3.78. The largest absolute Gasteiger partial charge is 0.294 e. The maximum absolute atomic E-state index is 12.4. The van der Waals surface area contributed by atoms with Gasteiger partial charge in [-0.15, -0.1) is 0 Å². The number of carbonyl (C=O) groups is 1. The molecule has 2 rings (SSSR count). The van der Waals surface area contributed by atoms with E-state index < -0.39 is 0 Å². The molecule has 0 unspecified atom stereocenters. The van der Waals surface area contributed by atoms with Gasteiger partial charge >= 0.3 is 0 Å². The van der Waals surface area contributed by atoms with Gasteiger partial charge in [-0.05, 0) is 54.8 Å². The van der Waals surface area contributed by atoms with Gasteiger partial charge in [0.2, 0.25) is 0 Å². The molecule has 98 valence electrons. The van der Waals surface area contributed by atoms with Crippen molar-refractivity contribution < 1.29 is 4.79 Å². The maximum atomic E-state index is 12.4. The summed E-state index contributed by atoms with van der Waals surface area (Å²) in [6.07, 6.45) is 0.377. The molecule has 0 saturated heterocycles. The second kappa shape index (κ2) is 5.89. The molecular weight excluding hydrogens is 324 g/mol. The van der Waals surface area contributed by atoms with Crippen LogP contribution < -0.4 is 0 Å². The first kappa shape index (κ1) is 14.3. The Bertz CT molecular complexity index is 635. The highest BCUT2D eigenvalue weighted by molar-refractivity contribution is 9.10. The number of benzene rings is 2. The fourth-order valence-corrected chi connectivity index (χ4v) is 2.68. The molecule has 0 aromatic heterocycles. The molecular formula is C16H14BrClO. The number of halogens is 2. The van der Waals surface area contributed by atoms with Crippen LogP contribution in [-0.2, 0) is 6.42 Å². The van der Waals surface area contributed by atoms with Crippen LogP contribution in [0.1, 0.15) is 27.0 Å². The van der Waals surface area contributed by atoms with E-state index in [0.717, 1.165) is 26.7 Å². The quantitative estimate of drug-likeness (QED) is 0.708. The van der Waals surface area contributed by atoms with E-state index in [-0.39, 0.29) is 5.78 Å². The lowest BCUT2D eigenvalue weighted by molar-refractivity contribution is 0.0992. The Kier molecular flexibility index (Phi) is 4.43. The van der Waals surface area contributed by atoms with Crippen LogP contribution in [-0.4, -0.2) is 5.78 Å². The van der Waals surface area contributed by atoms with Crippen molar-refractivity contribution in [3.05, 3.63) is 68.1 Å². The summed E-state index contributed by atoms with van der Waals surface area (Å²) in [4.78, 5) is 12.4. The summed E-state index contributed by atoms with van der Waals surface area (Å²) in [7, 11) is 0. The number of carbonyl (C=O) groups excluding carboxylic acids is 1. The molecule has 0 fully saturated rings. The number of ketones is 1. The first-order chi connectivity index (χ1) is 8.97. The van der Waals surface area contributed by atoms with E-state index in [2.05, 4.69) is 15.9 Å². The average Bonchev–Trinajstić information content (AvgIpc) is 2.33. The number of hydrogen-bond donors (Lipinski definition) is 0. The van der Waals surface area contributed by atoms with Gasteiger partial charge in [-0.2, -0.15) is 0 Å². The van der Waals surface area contributed by atoms with E-state index in [4.69, 9.17) is 11.6 Å². The van der Waals surface area contributed by atoms with Gasteiger partial charge in [0, 0.05) is 21.5 Å². The molecule has 1 nitrogen and oxygen atoms in total. The molecule has 0 amide bonds. The van der Waals surface area contributed by atoms with E-state index in [1.54, 1.807) is 0 Å². The average molecular weight is 338 g/mol. The molecule has 0 atom stereocenters. The van der Waals surface area contributed by atoms with E-state index in [0.29, 0.717) is 11.4 Å². The Balaban J connectivity index is 2.28. The van der Waals surface area contributed by atoms with Crippen molar-refractivity contribution in [1.82, 2.24) is 0 Å². The third-order valence-corrected chi connectivity index (χ3v) is 4.15. The normalized spacial score (nSPS) is 10.5. The highest BCUT2D eigenvalue weighted by Crippen LogP contribution is 2.22. The molecule has 0 spiro atoms. The fourth-order valence-electron chi connectivity index (χ4n) is 2.01. The fraction of sp³-hybridized carbons (Fsp3) is 0.188. The van der Waals surface area contributed by atoms with Gasteiger partial charge in [0.05, 0.1) is 0 Å². The van der Waals surface area contributed by atoms with Crippen molar-refractivity contribution >= 4 is 33.3 Å². The van der Waals surface area contributed by atoms with Crippen LogP contribution in [0.2, 0.25) is 5.02 Å². The molecule has 0 radical (unpaired) electrons. The van der Waals surface area contributed by atoms with Gasteiger partial charge in [0.15, 0.2) is 5.78 Å². The second-order valence-electron chi connectivity index (χ2n) is 4.65. The van der Waals surface area contributed by atoms with Crippen molar-refractivity contribution in [1.29, 1.82) is 0 Å². The monoisotopic (exact) mass is 336 g/mol. The molecule has 0 aliphatic heterocycles. The maximum Gasteiger partial charge on any atom is 0.167 e. The molecule has 0 bridgehead atoms. The highest BCUT2D eigenvalue weighted by atomic mass is 79.9. The molecule has 0 heterocycles. The minimum atomic E-state index is 0.121. The molecule has 0 aliphatic carbocycles. The van der Waals surface area contributed by atoms with Crippen LogP contribution >= 0.6 is 27.5 Å². The van der Waals surface area contributed by atoms with Crippen LogP contribution in [0.15, 0.2) is 40.9 Å². The van der Waals surface area contributed by atoms with Crippen LogP contribution in [0, 0.1) is 13.8 Å². The van der Waals surface area contributed by atoms with E-state index in [9.17, 15) is 4.79 Å². The van der Waals surface area contributed by atoms with Crippen LogP contribution in [0.25, 0.3) is 0 Å². The molecule has 19 heavy (non-hydrogen) atoms. The zero-order valence-corrected chi connectivity index (χ0v) is 13.2. The Hall–Kier alpha value is -1.12. The van der Waals surface area contributed by atoms with Gasteiger partial charge in [-0.3, -0.25) is 4.79 Å². The van der Waals surface area contributed by atoms with Gasteiger partial charge in [0.25, 0.3) is 0 Å². The summed E-state index contributed by atoms with van der Waals surface area (Å²) in [5, 5.41) is 0.661. The lowest BCUT2D eigenvalue weighted by atomic mass is 9.97. The van der Waals surface area contributed by atoms with Crippen molar-refractivity contribution in [2.75, 3.05) is 0 Å². The SMILES string of the molecule is Cc1cc(C(=O)Cc2cccc(Cl)c2)c(C)cc1Br. The Morgan fingerprint density at radius 3 is 2.58 bits per heavy atom. The smallest absolute Gasteiger partial charge is 0.167 e. The van der Waals surface area contributed by atoms with E-state index in [1.807, 2.05) is 50.2 Å². The molecule has 3 heteroatoms. The Morgan fingerprint density at radius 2 is 1.89 bits per heavy atom. The van der Waals surface area contributed by atoms with Gasteiger partial charge < -0.3 is 0 Å². The summed E-state index contributed by atoms with van der Waals surface area (Å²) in [6, 6.07) is 11.4. The zero-order valence-electron chi connectivity index (χ0n) is 10.8. The summed E-state index contributed by atoms with van der Waals surface area (Å²) >= 11 is 9.41. The van der Waals surface area contributed by atoms with Gasteiger partial charge in [0.1, 0.15) is 0 Å². The molecule has 0 aliphatic rings.